The van der Waals surface area contributed by atoms with Crippen molar-refractivity contribution in [2.24, 2.45) is 0 Å². The molecule has 1 saturated carbocycles. The summed E-state index contributed by atoms with van der Waals surface area (Å²) in [6.07, 6.45) is 5.55. The Morgan fingerprint density at radius 3 is 2.59 bits per heavy atom. The van der Waals surface area contributed by atoms with E-state index in [0.29, 0.717) is 17.2 Å². The van der Waals surface area contributed by atoms with Crippen molar-refractivity contribution in [1.82, 2.24) is 19.6 Å². The Labute approximate surface area is 154 Å². The number of hydrogen-bond acceptors (Lipinski definition) is 6. The van der Waals surface area contributed by atoms with Crippen LogP contribution in [-0.4, -0.2) is 39.8 Å². The van der Waals surface area contributed by atoms with Crippen LogP contribution < -0.4 is 14.8 Å². The van der Waals surface area contributed by atoms with Gasteiger partial charge in [0.25, 0.3) is 5.78 Å². The lowest BCUT2D eigenvalue weighted by molar-refractivity contribution is 0.382. The average Bonchev–Trinajstić information content (AvgIpc) is 3.34. The monoisotopic (exact) mass is 375 g/mol. The highest BCUT2D eigenvalue weighted by Gasteiger charge is 2.26. The summed E-state index contributed by atoms with van der Waals surface area (Å²) < 4.78 is 40.9. The lowest BCUT2D eigenvalue weighted by Crippen LogP contribution is -2.19. The van der Waals surface area contributed by atoms with E-state index in [1.165, 1.54) is 25.1 Å². The Hall–Kier alpha value is -2.97. The van der Waals surface area contributed by atoms with E-state index >= 15 is 0 Å². The van der Waals surface area contributed by atoms with Crippen molar-refractivity contribution in [1.29, 1.82) is 0 Å². The smallest absolute Gasteiger partial charge is 0.257 e. The molecule has 0 bridgehead atoms. The maximum Gasteiger partial charge on any atom is 0.257 e. The highest BCUT2D eigenvalue weighted by molar-refractivity contribution is 5.82. The molecule has 142 valence electrons. The number of nitrogens with one attached hydrogen (secondary N) is 1. The van der Waals surface area contributed by atoms with E-state index < -0.39 is 11.6 Å². The number of nitrogens with zero attached hydrogens (tertiary/aromatic N) is 4. The highest BCUT2D eigenvalue weighted by atomic mass is 19.1. The highest BCUT2D eigenvalue weighted by Crippen LogP contribution is 2.40. The van der Waals surface area contributed by atoms with Gasteiger partial charge in [-0.1, -0.05) is 12.8 Å². The Morgan fingerprint density at radius 2 is 1.89 bits per heavy atom. The van der Waals surface area contributed by atoms with Crippen LogP contribution in [0.2, 0.25) is 0 Å². The Bertz CT molecular complexity index is 986. The summed E-state index contributed by atoms with van der Waals surface area (Å²) in [6.45, 7) is 0. The second-order valence-corrected chi connectivity index (χ2v) is 6.41. The van der Waals surface area contributed by atoms with Crippen molar-refractivity contribution >= 4 is 11.6 Å². The Kier molecular flexibility index (Phi) is 4.51. The number of benzene rings is 1. The van der Waals surface area contributed by atoms with Crippen LogP contribution in [0.15, 0.2) is 18.5 Å². The molecule has 3 aromatic rings. The van der Waals surface area contributed by atoms with Gasteiger partial charge in [-0.3, -0.25) is 0 Å². The molecule has 0 spiro atoms. The predicted molar refractivity (Wildman–Crippen MR) is 95.1 cm³/mol. The molecule has 2 aromatic heterocycles. The SMILES string of the molecule is COc1cc(F)c(-c2c(OC)nc3ncnn3c2NC2CCCC2)cc1F. The molecule has 7 nitrogen and oxygen atoms in total. The third kappa shape index (κ3) is 3.02. The standard InChI is InChI=1S/C18H19F2N5O2/c1-26-14-8-12(19)11(7-13(14)20)15-16(23-10-5-3-4-6-10)25-18(21-9-22-25)24-17(15)27-2/h7-10,23H,3-6H2,1-2H3. The van der Waals surface area contributed by atoms with E-state index in [9.17, 15) is 8.78 Å². The number of methoxy groups -OCH3 is 2. The summed E-state index contributed by atoms with van der Waals surface area (Å²) in [4.78, 5) is 8.38. The van der Waals surface area contributed by atoms with Gasteiger partial charge in [0, 0.05) is 17.7 Å². The zero-order chi connectivity index (χ0) is 19.0. The summed E-state index contributed by atoms with van der Waals surface area (Å²) in [5, 5.41) is 7.60. The molecule has 2 heterocycles. The van der Waals surface area contributed by atoms with Crippen LogP contribution in [-0.2, 0) is 0 Å². The van der Waals surface area contributed by atoms with E-state index in [2.05, 4.69) is 20.4 Å². The van der Waals surface area contributed by atoms with Crippen LogP contribution >= 0.6 is 0 Å². The minimum Gasteiger partial charge on any atom is -0.494 e. The number of hydrogen-bond donors (Lipinski definition) is 1. The maximum atomic E-state index is 14.8. The number of fused-ring (bicyclic) bond motifs is 1. The third-order valence-corrected chi connectivity index (χ3v) is 4.79. The van der Waals surface area contributed by atoms with Crippen LogP contribution in [0.25, 0.3) is 16.9 Å². The van der Waals surface area contributed by atoms with Gasteiger partial charge in [-0.25, -0.2) is 8.78 Å². The number of anilines is 1. The first kappa shape index (κ1) is 17.4. The van der Waals surface area contributed by atoms with Gasteiger partial charge >= 0.3 is 0 Å². The van der Waals surface area contributed by atoms with Gasteiger partial charge in [0.2, 0.25) is 5.88 Å². The molecule has 4 rings (SSSR count). The second kappa shape index (κ2) is 6.98. The van der Waals surface area contributed by atoms with Crippen molar-refractivity contribution in [3.8, 4) is 22.8 Å². The Balaban J connectivity index is 1.96. The van der Waals surface area contributed by atoms with Gasteiger partial charge in [0.1, 0.15) is 18.0 Å². The van der Waals surface area contributed by atoms with Crippen molar-refractivity contribution in [3.63, 3.8) is 0 Å². The molecule has 0 unspecified atom stereocenters. The van der Waals surface area contributed by atoms with E-state index in [1.54, 1.807) is 0 Å². The molecule has 1 N–H and O–H groups in total. The third-order valence-electron chi connectivity index (χ3n) is 4.79. The molecule has 9 heteroatoms. The summed E-state index contributed by atoms with van der Waals surface area (Å²) in [7, 11) is 2.71. The minimum absolute atomic E-state index is 0.00977. The van der Waals surface area contributed by atoms with Crippen molar-refractivity contribution in [2.45, 2.75) is 31.7 Å². The fourth-order valence-electron chi connectivity index (χ4n) is 3.49. The second-order valence-electron chi connectivity index (χ2n) is 6.41. The molecule has 0 radical (unpaired) electrons. The maximum absolute atomic E-state index is 14.8. The summed E-state index contributed by atoms with van der Waals surface area (Å²) in [6, 6.07) is 2.29. The average molecular weight is 375 g/mol. The van der Waals surface area contributed by atoms with Crippen LogP contribution in [0.4, 0.5) is 14.6 Å². The lowest BCUT2D eigenvalue weighted by Gasteiger charge is -2.20. The molecule has 1 aliphatic rings. The first-order valence-electron chi connectivity index (χ1n) is 8.70. The number of aromatic nitrogens is 4. The molecule has 0 amide bonds. The molecule has 0 atom stereocenters. The quantitative estimate of drug-likeness (QED) is 0.736. The van der Waals surface area contributed by atoms with Crippen LogP contribution in [0.5, 0.6) is 11.6 Å². The molecule has 0 saturated heterocycles. The van der Waals surface area contributed by atoms with Gasteiger partial charge in [-0.05, 0) is 18.9 Å². The molecular weight excluding hydrogens is 356 g/mol. The molecule has 1 aromatic carbocycles. The number of halogens is 2. The molecule has 1 aliphatic carbocycles. The minimum atomic E-state index is -0.679. The molecule has 1 fully saturated rings. The van der Waals surface area contributed by atoms with Gasteiger partial charge in [-0.15, -0.1) is 0 Å². The predicted octanol–water partition coefficient (Wildman–Crippen LogP) is 3.44. The Morgan fingerprint density at radius 1 is 1.11 bits per heavy atom. The lowest BCUT2D eigenvalue weighted by atomic mass is 10.1. The van der Waals surface area contributed by atoms with Crippen LogP contribution in [0.3, 0.4) is 0 Å². The summed E-state index contributed by atoms with van der Waals surface area (Å²) >= 11 is 0. The summed E-state index contributed by atoms with van der Waals surface area (Å²) in [5.41, 5.74) is 0.303. The van der Waals surface area contributed by atoms with Gasteiger partial charge in [0.05, 0.1) is 19.8 Å². The van der Waals surface area contributed by atoms with Gasteiger partial charge in [0.15, 0.2) is 11.6 Å². The van der Waals surface area contributed by atoms with E-state index in [4.69, 9.17) is 9.47 Å². The van der Waals surface area contributed by atoms with Gasteiger partial charge in [-0.2, -0.15) is 19.6 Å². The molecule has 0 aliphatic heterocycles. The molecular formula is C18H19F2N5O2. The normalized spacial score (nSPS) is 14.7. The van der Waals surface area contributed by atoms with Crippen LogP contribution in [0, 0.1) is 11.6 Å². The van der Waals surface area contributed by atoms with E-state index in [1.807, 2.05) is 0 Å². The zero-order valence-electron chi connectivity index (χ0n) is 15.0. The first-order valence-corrected chi connectivity index (χ1v) is 8.70. The van der Waals surface area contributed by atoms with Gasteiger partial charge < -0.3 is 14.8 Å². The van der Waals surface area contributed by atoms with E-state index in [-0.39, 0.29) is 23.2 Å². The zero-order valence-corrected chi connectivity index (χ0v) is 15.0. The topological polar surface area (TPSA) is 73.6 Å². The largest absolute Gasteiger partial charge is 0.494 e. The van der Waals surface area contributed by atoms with Crippen molar-refractivity contribution in [3.05, 3.63) is 30.1 Å². The van der Waals surface area contributed by atoms with Crippen molar-refractivity contribution in [2.75, 3.05) is 19.5 Å². The fraction of sp³-hybridized carbons (Fsp3) is 0.389. The van der Waals surface area contributed by atoms with E-state index in [0.717, 1.165) is 37.8 Å². The fourth-order valence-corrected chi connectivity index (χ4v) is 3.49. The molecule has 27 heavy (non-hydrogen) atoms. The summed E-state index contributed by atoms with van der Waals surface area (Å²) in [5.74, 6) is -0.575. The first-order chi connectivity index (χ1) is 13.1. The van der Waals surface area contributed by atoms with Crippen LogP contribution in [0.1, 0.15) is 25.7 Å². The van der Waals surface area contributed by atoms with Crippen molar-refractivity contribution < 1.29 is 18.3 Å². The number of ether oxygens (including phenoxy) is 2. The number of rotatable bonds is 5.